The first-order valence-electron chi connectivity index (χ1n) is 4.97. The van der Waals surface area contributed by atoms with E-state index in [1.54, 1.807) is 0 Å². The summed E-state index contributed by atoms with van der Waals surface area (Å²) in [6.45, 7) is 5.13. The van der Waals surface area contributed by atoms with Gasteiger partial charge in [0.15, 0.2) is 0 Å². The van der Waals surface area contributed by atoms with E-state index in [0.717, 1.165) is 13.0 Å². The maximum atomic E-state index is 2.20. The molecule has 0 aliphatic carbocycles. The maximum Gasteiger partial charge on any atom is 0.00157 e. The Labute approximate surface area is 82.4 Å². The van der Waals surface area contributed by atoms with E-state index in [1.165, 1.54) is 5.56 Å². The molecule has 0 bridgehead atoms. The third-order valence-electron chi connectivity index (χ3n) is 1.69. The SMILES string of the molecule is CC.CN(C)CCc1ccccc1. The van der Waals surface area contributed by atoms with Crippen LogP contribution in [-0.2, 0) is 6.42 Å². The Morgan fingerprint density at radius 2 is 1.54 bits per heavy atom. The van der Waals surface area contributed by atoms with Gasteiger partial charge in [-0.1, -0.05) is 44.2 Å². The first-order valence-corrected chi connectivity index (χ1v) is 4.97. The molecular weight excluding hydrogens is 158 g/mol. The first-order chi connectivity index (χ1) is 6.29. The fraction of sp³-hybridized carbons (Fsp3) is 0.500. The highest BCUT2D eigenvalue weighted by atomic mass is 15.0. The Bertz CT molecular complexity index is 192. The van der Waals surface area contributed by atoms with E-state index in [9.17, 15) is 0 Å². The summed E-state index contributed by atoms with van der Waals surface area (Å²) < 4.78 is 0. The topological polar surface area (TPSA) is 3.24 Å². The lowest BCUT2D eigenvalue weighted by Crippen LogP contribution is -2.14. The Kier molecular flexibility index (Phi) is 7.32. The number of rotatable bonds is 3. The van der Waals surface area contributed by atoms with Gasteiger partial charge >= 0.3 is 0 Å². The molecule has 1 nitrogen and oxygen atoms in total. The van der Waals surface area contributed by atoms with E-state index in [4.69, 9.17) is 0 Å². The summed E-state index contributed by atoms with van der Waals surface area (Å²) in [5, 5.41) is 0. The van der Waals surface area contributed by atoms with Crippen LogP contribution < -0.4 is 0 Å². The molecule has 0 atom stereocenters. The fourth-order valence-corrected chi connectivity index (χ4v) is 0.997. The van der Waals surface area contributed by atoms with Gasteiger partial charge in [0.1, 0.15) is 0 Å². The molecule has 0 fully saturated rings. The number of likely N-dealkylation sites (N-methyl/N-ethyl adjacent to an activating group) is 1. The Balaban J connectivity index is 0.000000671. The van der Waals surface area contributed by atoms with Gasteiger partial charge in [-0.2, -0.15) is 0 Å². The van der Waals surface area contributed by atoms with Crippen molar-refractivity contribution in [2.45, 2.75) is 20.3 Å². The molecule has 0 aliphatic rings. The highest BCUT2D eigenvalue weighted by Gasteiger charge is 1.91. The summed E-state index contributed by atoms with van der Waals surface area (Å²) in [6.07, 6.45) is 1.15. The monoisotopic (exact) mass is 179 g/mol. The average Bonchev–Trinajstić information content (AvgIpc) is 2.19. The summed E-state index contributed by atoms with van der Waals surface area (Å²) in [4.78, 5) is 2.20. The van der Waals surface area contributed by atoms with E-state index in [1.807, 2.05) is 13.8 Å². The van der Waals surface area contributed by atoms with Crippen molar-refractivity contribution < 1.29 is 0 Å². The molecule has 0 heterocycles. The lowest BCUT2D eigenvalue weighted by Gasteiger charge is -2.08. The molecule has 0 aliphatic heterocycles. The summed E-state index contributed by atoms with van der Waals surface area (Å²) in [6, 6.07) is 10.6. The van der Waals surface area contributed by atoms with Crippen LogP contribution >= 0.6 is 0 Å². The first kappa shape index (κ1) is 12.2. The van der Waals surface area contributed by atoms with Crippen LogP contribution in [0.3, 0.4) is 0 Å². The van der Waals surface area contributed by atoms with Crippen LogP contribution in [0.1, 0.15) is 19.4 Å². The minimum absolute atomic E-state index is 1.13. The molecule has 0 saturated heterocycles. The van der Waals surface area contributed by atoms with E-state index in [0.29, 0.717) is 0 Å². The fourth-order valence-electron chi connectivity index (χ4n) is 0.997. The van der Waals surface area contributed by atoms with Gasteiger partial charge in [0.05, 0.1) is 0 Å². The second kappa shape index (κ2) is 7.81. The van der Waals surface area contributed by atoms with Gasteiger partial charge in [0.25, 0.3) is 0 Å². The van der Waals surface area contributed by atoms with E-state index in [-0.39, 0.29) is 0 Å². The zero-order valence-electron chi connectivity index (χ0n) is 9.25. The van der Waals surface area contributed by atoms with Gasteiger partial charge in [0.2, 0.25) is 0 Å². The second-order valence-corrected chi connectivity index (χ2v) is 3.04. The van der Waals surface area contributed by atoms with Crippen molar-refractivity contribution in [1.29, 1.82) is 0 Å². The molecule has 1 aromatic carbocycles. The summed E-state index contributed by atoms with van der Waals surface area (Å²) >= 11 is 0. The van der Waals surface area contributed by atoms with Crippen molar-refractivity contribution >= 4 is 0 Å². The van der Waals surface area contributed by atoms with Crippen molar-refractivity contribution in [1.82, 2.24) is 4.90 Å². The van der Waals surface area contributed by atoms with Gasteiger partial charge in [0, 0.05) is 6.54 Å². The van der Waals surface area contributed by atoms with Crippen LogP contribution in [0.25, 0.3) is 0 Å². The smallest absolute Gasteiger partial charge is 0.00157 e. The highest BCUT2D eigenvalue weighted by Crippen LogP contribution is 1.99. The Morgan fingerprint density at radius 3 is 2.00 bits per heavy atom. The van der Waals surface area contributed by atoms with Crippen LogP contribution in [0.5, 0.6) is 0 Å². The molecule has 0 amide bonds. The molecule has 0 N–H and O–H groups in total. The molecule has 1 aromatic rings. The standard InChI is InChI=1S/C10H15N.C2H6/c1-11(2)9-8-10-6-4-3-5-7-10;1-2/h3-7H,8-9H2,1-2H3;1-2H3. The predicted octanol–water partition coefficient (Wildman–Crippen LogP) is 2.82. The number of hydrogen-bond acceptors (Lipinski definition) is 1. The lowest BCUT2D eigenvalue weighted by atomic mass is 10.1. The van der Waals surface area contributed by atoms with Crippen LogP contribution in [0, 0.1) is 0 Å². The third kappa shape index (κ3) is 6.35. The Morgan fingerprint density at radius 1 is 1.00 bits per heavy atom. The van der Waals surface area contributed by atoms with Gasteiger partial charge < -0.3 is 4.90 Å². The van der Waals surface area contributed by atoms with Gasteiger partial charge in [-0.05, 0) is 26.1 Å². The third-order valence-corrected chi connectivity index (χ3v) is 1.69. The minimum Gasteiger partial charge on any atom is -0.309 e. The predicted molar refractivity (Wildman–Crippen MR) is 60.0 cm³/mol. The van der Waals surface area contributed by atoms with Gasteiger partial charge in [-0.25, -0.2) is 0 Å². The Hall–Kier alpha value is -0.820. The zero-order valence-corrected chi connectivity index (χ0v) is 9.25. The van der Waals surface area contributed by atoms with Crippen molar-refractivity contribution in [2.75, 3.05) is 20.6 Å². The maximum absolute atomic E-state index is 2.20. The quantitative estimate of drug-likeness (QED) is 0.689. The largest absolute Gasteiger partial charge is 0.309 e. The molecule has 1 rings (SSSR count). The second-order valence-electron chi connectivity index (χ2n) is 3.04. The highest BCUT2D eigenvalue weighted by molar-refractivity contribution is 5.14. The number of hydrogen-bond donors (Lipinski definition) is 0. The molecule has 13 heavy (non-hydrogen) atoms. The molecule has 0 spiro atoms. The van der Waals surface area contributed by atoms with Crippen molar-refractivity contribution in [3.63, 3.8) is 0 Å². The van der Waals surface area contributed by atoms with Crippen molar-refractivity contribution in [3.8, 4) is 0 Å². The molecule has 0 aromatic heterocycles. The summed E-state index contributed by atoms with van der Waals surface area (Å²) in [5.41, 5.74) is 1.42. The number of benzene rings is 1. The van der Waals surface area contributed by atoms with Gasteiger partial charge in [-0.3, -0.25) is 0 Å². The molecule has 1 heteroatoms. The average molecular weight is 179 g/mol. The molecule has 74 valence electrons. The number of nitrogens with zero attached hydrogens (tertiary/aromatic N) is 1. The molecule has 0 radical (unpaired) electrons. The molecular formula is C12H21N. The zero-order chi connectivity index (χ0) is 10.1. The van der Waals surface area contributed by atoms with Crippen molar-refractivity contribution in [2.24, 2.45) is 0 Å². The van der Waals surface area contributed by atoms with Crippen LogP contribution in [0.15, 0.2) is 30.3 Å². The molecule has 0 unspecified atom stereocenters. The van der Waals surface area contributed by atoms with Gasteiger partial charge in [-0.15, -0.1) is 0 Å². The van der Waals surface area contributed by atoms with Crippen molar-refractivity contribution in [3.05, 3.63) is 35.9 Å². The van der Waals surface area contributed by atoms with Crippen LogP contribution in [-0.4, -0.2) is 25.5 Å². The van der Waals surface area contributed by atoms with E-state index in [2.05, 4.69) is 49.3 Å². The molecule has 0 saturated carbocycles. The van der Waals surface area contributed by atoms with E-state index < -0.39 is 0 Å². The van der Waals surface area contributed by atoms with Crippen LogP contribution in [0.2, 0.25) is 0 Å². The summed E-state index contributed by atoms with van der Waals surface area (Å²) in [5.74, 6) is 0. The minimum atomic E-state index is 1.13. The van der Waals surface area contributed by atoms with E-state index >= 15 is 0 Å². The lowest BCUT2D eigenvalue weighted by molar-refractivity contribution is 0.413. The normalized spacial score (nSPS) is 9.31. The summed E-state index contributed by atoms with van der Waals surface area (Å²) in [7, 11) is 4.20. The van der Waals surface area contributed by atoms with Crippen LogP contribution in [0.4, 0.5) is 0 Å².